The molecule has 0 unspecified atom stereocenters. The number of anilines is 1. The van der Waals surface area contributed by atoms with E-state index < -0.39 is 0 Å². The van der Waals surface area contributed by atoms with Gasteiger partial charge in [0.15, 0.2) is 0 Å². The van der Waals surface area contributed by atoms with Crippen molar-refractivity contribution >= 4 is 23.2 Å². The van der Waals surface area contributed by atoms with Crippen molar-refractivity contribution in [3.63, 3.8) is 0 Å². The Labute approximate surface area is 129 Å². The third-order valence-corrected chi connectivity index (χ3v) is 3.30. The molecule has 1 aromatic carbocycles. The van der Waals surface area contributed by atoms with Crippen molar-refractivity contribution in [2.24, 2.45) is 0 Å². The summed E-state index contributed by atoms with van der Waals surface area (Å²) in [5.74, 6) is -0.118. The molecule has 21 heavy (non-hydrogen) atoms. The van der Waals surface area contributed by atoms with E-state index in [9.17, 15) is 4.79 Å². The second kappa shape index (κ2) is 7.64. The van der Waals surface area contributed by atoms with E-state index in [0.29, 0.717) is 17.1 Å². The topological polar surface area (TPSA) is 54.0 Å². The number of rotatable bonds is 6. The Balaban J connectivity index is 1.91. The normalized spacial score (nSPS) is 10.2. The molecule has 1 amide bonds. The quantitative estimate of drug-likeness (QED) is 0.862. The van der Waals surface area contributed by atoms with Crippen LogP contribution in [0.3, 0.4) is 0 Å². The highest BCUT2D eigenvalue weighted by Crippen LogP contribution is 2.13. The lowest BCUT2D eigenvalue weighted by Crippen LogP contribution is -2.26. The predicted octanol–water partition coefficient (Wildman–Crippen LogP) is 3.14. The average molecular weight is 304 g/mol. The number of hydrogen-bond acceptors (Lipinski definition) is 3. The molecule has 1 heterocycles. The molecule has 0 bridgehead atoms. The van der Waals surface area contributed by atoms with E-state index in [-0.39, 0.29) is 5.91 Å². The minimum atomic E-state index is -0.118. The van der Waals surface area contributed by atoms with Gasteiger partial charge in [-0.2, -0.15) is 0 Å². The molecule has 2 rings (SSSR count). The van der Waals surface area contributed by atoms with E-state index in [1.807, 2.05) is 31.2 Å². The van der Waals surface area contributed by atoms with Crippen LogP contribution < -0.4 is 10.6 Å². The molecule has 0 aliphatic heterocycles. The smallest absolute Gasteiger partial charge is 0.254 e. The fraction of sp³-hybridized carbons (Fsp3) is 0.250. The Kier molecular flexibility index (Phi) is 5.58. The highest BCUT2D eigenvalue weighted by atomic mass is 35.5. The van der Waals surface area contributed by atoms with Gasteiger partial charge >= 0.3 is 0 Å². The molecule has 0 atom stereocenters. The first-order chi connectivity index (χ1) is 10.2. The van der Waals surface area contributed by atoms with Crippen LogP contribution in [0, 0.1) is 0 Å². The van der Waals surface area contributed by atoms with Crippen molar-refractivity contribution in [1.29, 1.82) is 0 Å². The van der Waals surface area contributed by atoms with Gasteiger partial charge in [-0.05, 0) is 37.1 Å². The lowest BCUT2D eigenvalue weighted by atomic mass is 10.1. The van der Waals surface area contributed by atoms with Crippen molar-refractivity contribution in [2.45, 2.75) is 13.3 Å². The van der Waals surface area contributed by atoms with Gasteiger partial charge < -0.3 is 10.6 Å². The van der Waals surface area contributed by atoms with Gasteiger partial charge in [-0.1, -0.05) is 23.7 Å². The van der Waals surface area contributed by atoms with Crippen LogP contribution in [-0.4, -0.2) is 24.0 Å². The highest BCUT2D eigenvalue weighted by molar-refractivity contribution is 6.30. The molecule has 110 valence electrons. The summed E-state index contributed by atoms with van der Waals surface area (Å²) in [5.41, 5.74) is 2.50. The van der Waals surface area contributed by atoms with Gasteiger partial charge in [0.25, 0.3) is 5.91 Å². The Morgan fingerprint density at radius 3 is 2.71 bits per heavy atom. The summed E-state index contributed by atoms with van der Waals surface area (Å²) in [4.78, 5) is 16.2. The van der Waals surface area contributed by atoms with E-state index in [0.717, 1.165) is 24.2 Å². The number of hydrogen-bond donors (Lipinski definition) is 2. The van der Waals surface area contributed by atoms with Crippen molar-refractivity contribution < 1.29 is 4.79 Å². The monoisotopic (exact) mass is 303 g/mol. The maximum absolute atomic E-state index is 12.2. The number of benzene rings is 1. The number of pyridine rings is 1. The van der Waals surface area contributed by atoms with Crippen LogP contribution in [0.25, 0.3) is 0 Å². The largest absolute Gasteiger partial charge is 0.385 e. The second-order valence-corrected chi connectivity index (χ2v) is 5.02. The number of nitrogens with one attached hydrogen (secondary N) is 2. The minimum absolute atomic E-state index is 0.118. The third kappa shape index (κ3) is 4.46. The molecule has 0 fully saturated rings. The molecule has 0 spiro atoms. The average Bonchev–Trinajstić information content (AvgIpc) is 2.50. The van der Waals surface area contributed by atoms with Gasteiger partial charge in [0, 0.05) is 30.5 Å². The molecule has 5 heteroatoms. The van der Waals surface area contributed by atoms with Gasteiger partial charge in [0.1, 0.15) is 0 Å². The van der Waals surface area contributed by atoms with Gasteiger partial charge in [-0.25, -0.2) is 0 Å². The van der Waals surface area contributed by atoms with Crippen LogP contribution in [0.2, 0.25) is 5.02 Å². The van der Waals surface area contributed by atoms with Gasteiger partial charge in [0.05, 0.1) is 11.3 Å². The summed E-state index contributed by atoms with van der Waals surface area (Å²) in [7, 11) is 0. The summed E-state index contributed by atoms with van der Waals surface area (Å²) in [6.45, 7) is 3.32. The molecule has 0 saturated heterocycles. The summed E-state index contributed by atoms with van der Waals surface area (Å²) in [6.07, 6.45) is 4.01. The summed E-state index contributed by atoms with van der Waals surface area (Å²) < 4.78 is 0. The Morgan fingerprint density at radius 1 is 1.24 bits per heavy atom. The van der Waals surface area contributed by atoms with Crippen molar-refractivity contribution in [2.75, 3.05) is 18.4 Å². The molecule has 0 saturated carbocycles. The second-order valence-electron chi connectivity index (χ2n) is 4.58. The van der Waals surface area contributed by atoms with Crippen molar-refractivity contribution in [1.82, 2.24) is 10.3 Å². The van der Waals surface area contributed by atoms with E-state index >= 15 is 0 Å². The minimum Gasteiger partial charge on any atom is -0.385 e. The fourth-order valence-electron chi connectivity index (χ4n) is 1.99. The van der Waals surface area contributed by atoms with Crippen LogP contribution in [0.15, 0.2) is 42.7 Å². The lowest BCUT2D eigenvalue weighted by molar-refractivity contribution is 0.0954. The van der Waals surface area contributed by atoms with Crippen LogP contribution in [0.5, 0.6) is 0 Å². The van der Waals surface area contributed by atoms with E-state index in [4.69, 9.17) is 11.6 Å². The van der Waals surface area contributed by atoms with Crippen LogP contribution in [0.1, 0.15) is 22.8 Å². The number of halogens is 1. The number of aromatic nitrogens is 1. The zero-order valence-corrected chi connectivity index (χ0v) is 12.7. The van der Waals surface area contributed by atoms with Crippen molar-refractivity contribution in [3.8, 4) is 0 Å². The van der Waals surface area contributed by atoms with Gasteiger partial charge in [0.2, 0.25) is 0 Å². The first-order valence-corrected chi connectivity index (χ1v) is 7.29. The first-order valence-electron chi connectivity index (χ1n) is 6.91. The molecule has 1 aromatic heterocycles. The first kappa shape index (κ1) is 15.3. The van der Waals surface area contributed by atoms with E-state index in [1.165, 1.54) is 0 Å². The fourth-order valence-corrected chi connectivity index (χ4v) is 2.11. The summed E-state index contributed by atoms with van der Waals surface area (Å²) in [5, 5.41) is 6.78. The third-order valence-electron chi connectivity index (χ3n) is 3.05. The van der Waals surface area contributed by atoms with Crippen LogP contribution >= 0.6 is 11.6 Å². The maximum Gasteiger partial charge on any atom is 0.254 e. The number of carbonyl (C=O) groups is 1. The van der Waals surface area contributed by atoms with Gasteiger partial charge in [-0.15, -0.1) is 0 Å². The Hall–Kier alpha value is -2.07. The zero-order valence-electron chi connectivity index (χ0n) is 11.9. The summed E-state index contributed by atoms with van der Waals surface area (Å²) in [6, 6.07) is 9.43. The van der Waals surface area contributed by atoms with Crippen LogP contribution in [-0.2, 0) is 6.42 Å². The molecule has 2 aromatic rings. The molecular formula is C16H18ClN3O. The molecule has 0 radical (unpaired) electrons. The number of amides is 1. The van der Waals surface area contributed by atoms with Gasteiger partial charge in [-0.3, -0.25) is 9.78 Å². The van der Waals surface area contributed by atoms with E-state index in [2.05, 4.69) is 15.6 Å². The number of nitrogens with zero attached hydrogens (tertiary/aromatic N) is 1. The highest BCUT2D eigenvalue weighted by Gasteiger charge is 2.10. The van der Waals surface area contributed by atoms with Crippen molar-refractivity contribution in [3.05, 3.63) is 58.9 Å². The standard InChI is InChI=1S/C16H18ClN3O/c1-2-19-15-8-9-18-11-14(15)16(21)20-10-7-12-3-5-13(17)6-4-12/h3-6,8-9,11H,2,7,10H2,1H3,(H,18,19)(H,20,21). The SMILES string of the molecule is CCNc1ccncc1C(=O)NCCc1ccc(Cl)cc1. The molecule has 0 aliphatic rings. The predicted molar refractivity (Wildman–Crippen MR) is 85.9 cm³/mol. The maximum atomic E-state index is 12.2. The molecule has 0 aliphatic carbocycles. The lowest BCUT2D eigenvalue weighted by Gasteiger charge is -2.10. The zero-order chi connectivity index (χ0) is 15.1. The number of carbonyl (C=O) groups excluding carboxylic acids is 1. The Bertz CT molecular complexity index is 599. The van der Waals surface area contributed by atoms with Crippen LogP contribution in [0.4, 0.5) is 5.69 Å². The molecular weight excluding hydrogens is 286 g/mol. The Morgan fingerprint density at radius 2 is 2.00 bits per heavy atom. The molecule has 2 N–H and O–H groups in total. The molecule has 4 nitrogen and oxygen atoms in total. The summed E-state index contributed by atoms with van der Waals surface area (Å²) >= 11 is 5.84. The van der Waals surface area contributed by atoms with E-state index in [1.54, 1.807) is 18.5 Å².